The number of carbonyl (C=O) groups excluding carboxylic acids is 3. The van der Waals surface area contributed by atoms with Gasteiger partial charge in [-0.15, -0.1) is 0 Å². The second-order valence-electron chi connectivity index (χ2n) is 6.15. The number of imide groups is 1. The Bertz CT molecular complexity index is 755. The number of benzene rings is 1. The Balaban J connectivity index is 1.67. The minimum atomic E-state index is -0.983. The monoisotopic (exact) mass is 325 g/mol. The van der Waals surface area contributed by atoms with E-state index in [0.717, 1.165) is 10.5 Å². The van der Waals surface area contributed by atoms with E-state index in [9.17, 15) is 14.4 Å². The lowest BCUT2D eigenvalue weighted by Crippen LogP contribution is -2.44. The zero-order chi connectivity index (χ0) is 17.2. The molecule has 1 aliphatic heterocycles. The van der Waals surface area contributed by atoms with Crippen molar-refractivity contribution in [3.8, 4) is 0 Å². The lowest BCUT2D eigenvalue weighted by Gasteiger charge is -2.21. The highest BCUT2D eigenvalue weighted by molar-refractivity contribution is 6.10. The molecular weight excluding hydrogens is 306 g/mol. The molecule has 0 aliphatic carbocycles. The van der Waals surface area contributed by atoms with Gasteiger partial charge in [-0.1, -0.05) is 30.3 Å². The summed E-state index contributed by atoms with van der Waals surface area (Å²) in [6.45, 7) is 1.45. The fourth-order valence-corrected chi connectivity index (χ4v) is 2.83. The molecule has 1 saturated heterocycles. The van der Waals surface area contributed by atoms with Crippen LogP contribution in [0.1, 0.15) is 29.4 Å². The summed E-state index contributed by atoms with van der Waals surface area (Å²) in [4.78, 5) is 40.7. The maximum absolute atomic E-state index is 12.6. The lowest BCUT2D eigenvalue weighted by atomic mass is 9.93. The first-order chi connectivity index (χ1) is 11.5. The second-order valence-corrected chi connectivity index (χ2v) is 6.15. The van der Waals surface area contributed by atoms with Crippen LogP contribution in [0.2, 0.25) is 0 Å². The zero-order valence-corrected chi connectivity index (χ0v) is 13.4. The van der Waals surface area contributed by atoms with Crippen LogP contribution in [0.25, 0.3) is 0 Å². The topological polar surface area (TPSA) is 82.3 Å². The molecule has 1 atom stereocenters. The molecular formula is C18H19N3O3. The lowest BCUT2D eigenvalue weighted by molar-refractivity contribution is -0.130. The van der Waals surface area contributed by atoms with Gasteiger partial charge in [0.05, 0.1) is 12.2 Å². The summed E-state index contributed by atoms with van der Waals surface area (Å²) in [6.07, 6.45) is 2.78. The van der Waals surface area contributed by atoms with Gasteiger partial charge in [0.25, 0.3) is 5.91 Å². The van der Waals surface area contributed by atoms with Crippen molar-refractivity contribution >= 4 is 17.7 Å². The number of nitrogens with one attached hydrogen (secondary N) is 2. The largest absolute Gasteiger partial charge is 0.359 e. The minimum absolute atomic E-state index is 0.258. The van der Waals surface area contributed by atoms with Crippen molar-refractivity contribution in [2.75, 3.05) is 6.54 Å². The molecule has 124 valence electrons. The molecule has 0 bridgehead atoms. The molecule has 2 aromatic rings. The maximum atomic E-state index is 12.6. The molecule has 1 aromatic carbocycles. The van der Waals surface area contributed by atoms with E-state index in [4.69, 9.17) is 0 Å². The molecule has 6 nitrogen and oxygen atoms in total. The number of amides is 3. The van der Waals surface area contributed by atoms with Crippen molar-refractivity contribution in [1.82, 2.24) is 15.2 Å². The van der Waals surface area contributed by atoms with E-state index in [1.54, 1.807) is 25.3 Å². The van der Waals surface area contributed by atoms with Gasteiger partial charge in [-0.05, 0) is 37.5 Å². The Morgan fingerprint density at radius 2 is 1.88 bits per heavy atom. The van der Waals surface area contributed by atoms with Gasteiger partial charge in [-0.25, -0.2) is 4.79 Å². The van der Waals surface area contributed by atoms with Crippen LogP contribution in [0, 0.1) is 0 Å². The molecule has 0 saturated carbocycles. The first-order valence-corrected chi connectivity index (χ1v) is 7.84. The summed E-state index contributed by atoms with van der Waals surface area (Å²) in [5, 5.41) is 2.73. The van der Waals surface area contributed by atoms with Crippen LogP contribution < -0.4 is 5.32 Å². The molecule has 1 aliphatic rings. The molecule has 6 heteroatoms. The average Bonchev–Trinajstić information content (AvgIpc) is 3.18. The molecule has 3 rings (SSSR count). The van der Waals surface area contributed by atoms with Crippen molar-refractivity contribution in [2.24, 2.45) is 0 Å². The maximum Gasteiger partial charge on any atom is 0.325 e. The van der Waals surface area contributed by atoms with Gasteiger partial charge in [0.2, 0.25) is 0 Å². The predicted molar refractivity (Wildman–Crippen MR) is 88.5 cm³/mol. The summed E-state index contributed by atoms with van der Waals surface area (Å²) in [5.41, 5.74) is 0.498. The van der Waals surface area contributed by atoms with Gasteiger partial charge < -0.3 is 10.3 Å². The molecule has 1 fully saturated rings. The molecule has 1 aromatic heterocycles. The standard InChI is InChI=1S/C18H19N3O3/c1-18(10-9-13-6-3-2-4-7-13)16(23)21(17(24)20-18)12-15(22)14-8-5-11-19-14/h2-8,11,19H,9-10,12H2,1H3,(H,20,24)/t18-/m1/s1. The number of carbonyl (C=O) groups is 3. The number of aromatic amines is 1. The van der Waals surface area contributed by atoms with Crippen LogP contribution in [-0.2, 0) is 11.2 Å². The number of hydrogen-bond donors (Lipinski definition) is 2. The smallest absolute Gasteiger partial charge is 0.325 e. The van der Waals surface area contributed by atoms with E-state index in [0.29, 0.717) is 18.5 Å². The summed E-state index contributed by atoms with van der Waals surface area (Å²) in [6, 6.07) is 12.6. The van der Waals surface area contributed by atoms with Gasteiger partial charge in [-0.2, -0.15) is 0 Å². The second kappa shape index (κ2) is 6.31. The highest BCUT2D eigenvalue weighted by Crippen LogP contribution is 2.23. The Morgan fingerprint density at radius 3 is 2.54 bits per heavy atom. The van der Waals surface area contributed by atoms with Crippen LogP contribution in [0.5, 0.6) is 0 Å². The summed E-state index contributed by atoms with van der Waals surface area (Å²) in [5.74, 6) is -0.654. The summed E-state index contributed by atoms with van der Waals surface area (Å²) < 4.78 is 0. The quantitative estimate of drug-likeness (QED) is 0.630. The Hall–Kier alpha value is -2.89. The zero-order valence-electron chi connectivity index (χ0n) is 13.4. The summed E-state index contributed by atoms with van der Waals surface area (Å²) in [7, 11) is 0. The summed E-state index contributed by atoms with van der Waals surface area (Å²) >= 11 is 0. The minimum Gasteiger partial charge on any atom is -0.359 e. The molecule has 0 radical (unpaired) electrons. The fraction of sp³-hybridized carbons (Fsp3) is 0.278. The van der Waals surface area contributed by atoms with E-state index in [-0.39, 0.29) is 18.2 Å². The number of Topliss-reactive ketones (excluding diaryl/α,β-unsaturated/α-hetero) is 1. The third kappa shape index (κ3) is 3.08. The van der Waals surface area contributed by atoms with E-state index < -0.39 is 11.6 Å². The SMILES string of the molecule is C[C@]1(CCc2ccccc2)NC(=O)N(CC(=O)c2ccc[nH]2)C1=O. The van der Waals surface area contributed by atoms with E-state index in [1.165, 1.54) is 0 Å². The number of ketones is 1. The van der Waals surface area contributed by atoms with Crippen molar-refractivity contribution in [1.29, 1.82) is 0 Å². The Kier molecular flexibility index (Phi) is 4.20. The van der Waals surface area contributed by atoms with E-state index in [1.807, 2.05) is 30.3 Å². The van der Waals surface area contributed by atoms with E-state index >= 15 is 0 Å². The van der Waals surface area contributed by atoms with Crippen LogP contribution in [-0.4, -0.2) is 39.7 Å². The fourth-order valence-electron chi connectivity index (χ4n) is 2.83. The predicted octanol–water partition coefficient (Wildman–Crippen LogP) is 2.14. The van der Waals surface area contributed by atoms with Crippen molar-refractivity contribution in [3.05, 3.63) is 59.9 Å². The highest BCUT2D eigenvalue weighted by Gasteiger charge is 2.47. The highest BCUT2D eigenvalue weighted by atomic mass is 16.2. The number of hydrogen-bond acceptors (Lipinski definition) is 3. The van der Waals surface area contributed by atoms with Gasteiger partial charge >= 0.3 is 6.03 Å². The number of aromatic nitrogens is 1. The van der Waals surface area contributed by atoms with Crippen molar-refractivity contribution in [2.45, 2.75) is 25.3 Å². The van der Waals surface area contributed by atoms with Gasteiger partial charge in [0.1, 0.15) is 5.54 Å². The molecule has 3 amide bonds. The van der Waals surface area contributed by atoms with Crippen molar-refractivity contribution < 1.29 is 14.4 Å². The molecule has 0 unspecified atom stereocenters. The first-order valence-electron chi connectivity index (χ1n) is 7.84. The Morgan fingerprint density at radius 1 is 1.12 bits per heavy atom. The molecule has 2 heterocycles. The third-order valence-corrected chi connectivity index (χ3v) is 4.30. The Labute approximate surface area is 139 Å². The van der Waals surface area contributed by atoms with Crippen LogP contribution >= 0.6 is 0 Å². The van der Waals surface area contributed by atoms with Crippen LogP contribution in [0.15, 0.2) is 48.7 Å². The molecule has 24 heavy (non-hydrogen) atoms. The van der Waals surface area contributed by atoms with Gasteiger partial charge in [0, 0.05) is 6.20 Å². The van der Waals surface area contributed by atoms with Gasteiger partial charge in [-0.3, -0.25) is 14.5 Å². The number of aryl methyl sites for hydroxylation is 1. The third-order valence-electron chi connectivity index (χ3n) is 4.30. The van der Waals surface area contributed by atoms with Gasteiger partial charge in [0.15, 0.2) is 5.78 Å². The average molecular weight is 325 g/mol. The molecule has 2 N–H and O–H groups in total. The van der Waals surface area contributed by atoms with Crippen molar-refractivity contribution in [3.63, 3.8) is 0 Å². The van der Waals surface area contributed by atoms with Crippen LogP contribution in [0.4, 0.5) is 4.79 Å². The number of H-pyrrole nitrogens is 1. The number of urea groups is 1. The van der Waals surface area contributed by atoms with Crippen LogP contribution in [0.3, 0.4) is 0 Å². The first kappa shape index (κ1) is 16.0. The molecule has 0 spiro atoms. The van der Waals surface area contributed by atoms with E-state index in [2.05, 4.69) is 10.3 Å². The number of rotatable bonds is 6. The normalized spacial score (nSPS) is 20.3. The number of nitrogens with zero attached hydrogens (tertiary/aromatic N) is 1.